The molecule has 3 aliphatic heterocycles. The number of para-hydroxylation sites is 1. The Hall–Kier alpha value is -2.47. The molecule has 2 fully saturated rings. The van der Waals surface area contributed by atoms with Crippen LogP contribution in [0.3, 0.4) is 0 Å². The molecule has 136 valence electrons. The van der Waals surface area contributed by atoms with E-state index in [1.54, 1.807) is 24.3 Å². The van der Waals surface area contributed by atoms with Crippen molar-refractivity contribution in [3.8, 4) is 0 Å². The van der Waals surface area contributed by atoms with Crippen LogP contribution in [-0.4, -0.2) is 36.0 Å². The zero-order valence-electron chi connectivity index (χ0n) is 15.1. The number of amides is 3. The van der Waals surface area contributed by atoms with Gasteiger partial charge in [-0.15, -0.1) is 0 Å². The normalized spacial score (nSPS) is 32.3. The lowest BCUT2D eigenvalue weighted by Gasteiger charge is -2.30. The molecule has 1 aromatic carbocycles. The highest BCUT2D eigenvalue weighted by Gasteiger charge is 2.67. The molecule has 3 aliphatic rings. The van der Waals surface area contributed by atoms with E-state index in [-0.39, 0.29) is 24.3 Å². The molecular formula is C20H22N2O4. The Bertz CT molecular complexity index is 811. The molecule has 1 N–H and O–H groups in total. The van der Waals surface area contributed by atoms with Crippen LogP contribution in [0.2, 0.25) is 0 Å². The molecule has 0 unspecified atom stereocenters. The molecule has 0 radical (unpaired) electrons. The number of anilines is 1. The summed E-state index contributed by atoms with van der Waals surface area (Å²) in [4.78, 5) is 39.6. The number of rotatable bonds is 3. The molecular weight excluding hydrogens is 332 g/mol. The first-order chi connectivity index (χ1) is 12.2. The third-order valence-corrected chi connectivity index (χ3v) is 5.38. The van der Waals surface area contributed by atoms with Crippen LogP contribution in [0.4, 0.5) is 5.69 Å². The fourth-order valence-corrected chi connectivity index (χ4v) is 4.02. The van der Waals surface area contributed by atoms with Gasteiger partial charge in [0.1, 0.15) is 5.60 Å². The highest BCUT2D eigenvalue weighted by Crippen LogP contribution is 2.52. The van der Waals surface area contributed by atoms with Crippen LogP contribution >= 0.6 is 0 Å². The van der Waals surface area contributed by atoms with Crippen molar-refractivity contribution in [2.45, 2.75) is 32.5 Å². The van der Waals surface area contributed by atoms with Crippen molar-refractivity contribution < 1.29 is 19.1 Å². The Morgan fingerprint density at radius 1 is 1.19 bits per heavy atom. The highest BCUT2D eigenvalue weighted by molar-refractivity contribution is 6.23. The van der Waals surface area contributed by atoms with Crippen LogP contribution in [0.15, 0.2) is 42.5 Å². The number of carbonyl (C=O) groups excluding carboxylic acids is 3. The average molecular weight is 354 g/mol. The summed E-state index contributed by atoms with van der Waals surface area (Å²) >= 11 is 0. The molecule has 0 saturated carbocycles. The predicted molar refractivity (Wildman–Crippen MR) is 95.1 cm³/mol. The zero-order chi connectivity index (χ0) is 18.7. The monoisotopic (exact) mass is 354 g/mol. The molecule has 2 bridgehead atoms. The summed E-state index contributed by atoms with van der Waals surface area (Å²) in [6.07, 6.45) is 3.25. The van der Waals surface area contributed by atoms with Gasteiger partial charge in [0, 0.05) is 5.41 Å². The van der Waals surface area contributed by atoms with E-state index >= 15 is 0 Å². The first-order valence-corrected chi connectivity index (χ1v) is 8.83. The summed E-state index contributed by atoms with van der Waals surface area (Å²) in [7, 11) is 0. The highest BCUT2D eigenvalue weighted by atomic mass is 16.5. The van der Waals surface area contributed by atoms with Crippen LogP contribution < -0.4 is 10.2 Å². The largest absolute Gasteiger partial charge is 0.360 e. The average Bonchev–Trinajstić information content (AvgIpc) is 3.23. The summed E-state index contributed by atoms with van der Waals surface area (Å²) in [5.41, 5.74) is -0.917. The van der Waals surface area contributed by atoms with Gasteiger partial charge in [-0.2, -0.15) is 0 Å². The number of hydrogen-bond acceptors (Lipinski definition) is 4. The molecule has 0 spiro atoms. The number of hydrogen-bond donors (Lipinski definition) is 1. The van der Waals surface area contributed by atoms with Gasteiger partial charge in [-0.3, -0.25) is 14.4 Å². The minimum absolute atomic E-state index is 0.118. The number of benzene rings is 1. The molecule has 4 atom stereocenters. The maximum Gasteiger partial charge on any atom is 0.241 e. The quantitative estimate of drug-likeness (QED) is 0.662. The molecule has 2 saturated heterocycles. The predicted octanol–water partition coefficient (Wildman–Crippen LogP) is 1.66. The molecule has 0 aromatic heterocycles. The Balaban J connectivity index is 1.62. The van der Waals surface area contributed by atoms with E-state index in [0.29, 0.717) is 5.69 Å². The van der Waals surface area contributed by atoms with Crippen LogP contribution in [0.5, 0.6) is 0 Å². The molecule has 0 aliphatic carbocycles. The van der Waals surface area contributed by atoms with Crippen LogP contribution in [0.25, 0.3) is 0 Å². The lowest BCUT2D eigenvalue weighted by Crippen LogP contribution is -2.50. The SMILES string of the molecule is CC(C)(C)C(=O)NC[C@@]12C=C[C@H](O1)[C@H]1C(=O)N(c3ccccc3)C(=O)[C@H]12. The van der Waals surface area contributed by atoms with Crippen molar-refractivity contribution in [3.05, 3.63) is 42.5 Å². The number of imide groups is 1. The van der Waals surface area contributed by atoms with E-state index in [2.05, 4.69) is 5.32 Å². The molecule has 4 rings (SSSR count). The topological polar surface area (TPSA) is 75.7 Å². The molecule has 1 aromatic rings. The smallest absolute Gasteiger partial charge is 0.241 e. The second-order valence-corrected chi connectivity index (χ2v) is 8.18. The van der Waals surface area contributed by atoms with Crippen LogP contribution in [0, 0.1) is 17.3 Å². The van der Waals surface area contributed by atoms with Gasteiger partial charge >= 0.3 is 0 Å². The second-order valence-electron chi connectivity index (χ2n) is 8.18. The third-order valence-electron chi connectivity index (χ3n) is 5.38. The van der Waals surface area contributed by atoms with Crippen molar-refractivity contribution in [1.82, 2.24) is 5.32 Å². The fraction of sp³-hybridized carbons (Fsp3) is 0.450. The van der Waals surface area contributed by atoms with E-state index in [9.17, 15) is 14.4 Å². The van der Waals surface area contributed by atoms with E-state index in [1.165, 1.54) is 4.90 Å². The Labute approximate surface area is 152 Å². The maximum atomic E-state index is 13.1. The van der Waals surface area contributed by atoms with Gasteiger partial charge in [0.05, 0.1) is 30.2 Å². The zero-order valence-corrected chi connectivity index (χ0v) is 15.1. The van der Waals surface area contributed by atoms with Gasteiger partial charge in [0.15, 0.2) is 0 Å². The van der Waals surface area contributed by atoms with E-state index in [1.807, 2.05) is 39.0 Å². The standard InChI is InChI=1S/C20H22N2O4/c1-19(2,3)18(25)21-11-20-10-9-13(26-20)14-15(20)17(24)22(16(14)23)12-7-5-4-6-8-12/h4-10,13-15H,11H2,1-3H3,(H,21,25)/t13-,14+,15-,20+/m0/s1. The van der Waals surface area contributed by atoms with Crippen LogP contribution in [0.1, 0.15) is 20.8 Å². The number of nitrogens with one attached hydrogen (secondary N) is 1. The van der Waals surface area contributed by atoms with Gasteiger partial charge in [0.2, 0.25) is 17.7 Å². The summed E-state index contributed by atoms with van der Waals surface area (Å²) in [6, 6.07) is 8.94. The van der Waals surface area contributed by atoms with Crippen LogP contribution in [-0.2, 0) is 19.1 Å². The van der Waals surface area contributed by atoms with Gasteiger partial charge in [-0.05, 0) is 12.1 Å². The lowest BCUT2D eigenvalue weighted by atomic mass is 9.76. The molecule has 3 amide bonds. The summed E-state index contributed by atoms with van der Waals surface area (Å²) < 4.78 is 6.02. The summed E-state index contributed by atoms with van der Waals surface area (Å²) in [5.74, 6) is -1.75. The molecule has 6 nitrogen and oxygen atoms in total. The molecule has 6 heteroatoms. The van der Waals surface area contributed by atoms with Crippen molar-refractivity contribution in [1.29, 1.82) is 0 Å². The Kier molecular flexibility index (Phi) is 3.60. The number of carbonyl (C=O) groups is 3. The lowest BCUT2D eigenvalue weighted by molar-refractivity contribution is -0.132. The van der Waals surface area contributed by atoms with Crippen molar-refractivity contribution in [2.24, 2.45) is 17.3 Å². The summed E-state index contributed by atoms with van der Waals surface area (Å²) in [5, 5.41) is 2.89. The second kappa shape index (κ2) is 5.51. The first kappa shape index (κ1) is 17.0. The number of ether oxygens (including phenoxy) is 1. The van der Waals surface area contributed by atoms with Crippen molar-refractivity contribution in [2.75, 3.05) is 11.4 Å². The van der Waals surface area contributed by atoms with Gasteiger partial charge < -0.3 is 10.1 Å². The summed E-state index contributed by atoms with van der Waals surface area (Å²) in [6.45, 7) is 5.66. The Morgan fingerprint density at radius 3 is 2.54 bits per heavy atom. The van der Waals surface area contributed by atoms with Gasteiger partial charge in [0.25, 0.3) is 0 Å². The molecule has 3 heterocycles. The van der Waals surface area contributed by atoms with E-state index < -0.39 is 29.0 Å². The fourth-order valence-electron chi connectivity index (χ4n) is 4.02. The van der Waals surface area contributed by atoms with Crippen molar-refractivity contribution in [3.63, 3.8) is 0 Å². The van der Waals surface area contributed by atoms with Gasteiger partial charge in [-0.25, -0.2) is 4.90 Å². The maximum absolute atomic E-state index is 13.1. The number of nitrogens with zero attached hydrogens (tertiary/aromatic N) is 1. The Morgan fingerprint density at radius 2 is 1.88 bits per heavy atom. The third kappa shape index (κ3) is 2.32. The van der Waals surface area contributed by atoms with E-state index in [0.717, 1.165) is 0 Å². The number of fused-ring (bicyclic) bond motifs is 5. The van der Waals surface area contributed by atoms with Gasteiger partial charge in [-0.1, -0.05) is 51.1 Å². The van der Waals surface area contributed by atoms with E-state index in [4.69, 9.17) is 4.74 Å². The minimum atomic E-state index is -0.952. The molecule has 26 heavy (non-hydrogen) atoms. The minimum Gasteiger partial charge on any atom is -0.360 e. The van der Waals surface area contributed by atoms with Crippen molar-refractivity contribution >= 4 is 23.4 Å². The first-order valence-electron chi connectivity index (χ1n) is 8.83.